The normalized spacial score (nSPS) is 17.8. The van der Waals surface area contributed by atoms with E-state index in [0.717, 1.165) is 24.1 Å². The van der Waals surface area contributed by atoms with E-state index in [4.69, 9.17) is 9.72 Å². The van der Waals surface area contributed by atoms with Gasteiger partial charge in [-0.3, -0.25) is 19.5 Å². The number of likely N-dealkylation sites (tertiary alicyclic amines) is 1. The summed E-state index contributed by atoms with van der Waals surface area (Å²) >= 11 is 0. The average molecular weight is 472 g/mol. The Morgan fingerprint density at radius 1 is 1.11 bits per heavy atom. The number of ether oxygens (including phenoxy) is 1. The maximum atomic E-state index is 13.5. The summed E-state index contributed by atoms with van der Waals surface area (Å²) in [6, 6.07) is 13.2. The molecule has 0 aliphatic carbocycles. The minimum atomic E-state index is -0.216. The third-order valence-electron chi connectivity index (χ3n) is 6.55. The number of hydrogen-bond donors (Lipinski definition) is 0. The van der Waals surface area contributed by atoms with Crippen LogP contribution < -0.4 is 9.64 Å². The van der Waals surface area contributed by atoms with Crippen LogP contribution in [0.4, 0.5) is 5.69 Å². The third-order valence-corrected chi connectivity index (χ3v) is 6.55. The molecule has 4 heterocycles. The van der Waals surface area contributed by atoms with Gasteiger partial charge in [0.05, 0.1) is 17.4 Å². The number of pyridine rings is 1. The lowest BCUT2D eigenvalue weighted by Gasteiger charge is -2.33. The summed E-state index contributed by atoms with van der Waals surface area (Å²) in [7, 11) is 0. The zero-order valence-corrected chi connectivity index (χ0v) is 20.3. The van der Waals surface area contributed by atoms with E-state index >= 15 is 0 Å². The highest BCUT2D eigenvalue weighted by atomic mass is 16.5. The van der Waals surface area contributed by atoms with Crippen LogP contribution in [0.1, 0.15) is 50.9 Å². The first-order chi connectivity index (χ1) is 16.8. The minimum absolute atomic E-state index is 0.0303. The molecular formula is C27H29N5O3. The lowest BCUT2D eigenvalue weighted by Crippen LogP contribution is -2.46. The van der Waals surface area contributed by atoms with E-state index in [1.165, 1.54) is 0 Å². The molecule has 0 saturated carbocycles. The SMILES string of the molecule is CC(C)(C)c1ccc2c(c1)N(CC(=O)N1CCC[C@H]1c1ccnc(-c3ccccn3)n1)C(=O)CO2. The van der Waals surface area contributed by atoms with Crippen LogP contribution in [0.25, 0.3) is 11.5 Å². The van der Waals surface area contributed by atoms with Gasteiger partial charge >= 0.3 is 0 Å². The first-order valence-electron chi connectivity index (χ1n) is 11.9. The lowest BCUT2D eigenvalue weighted by molar-refractivity contribution is -0.132. The van der Waals surface area contributed by atoms with Crippen LogP contribution in [-0.4, -0.2) is 51.4 Å². The van der Waals surface area contributed by atoms with Crippen molar-refractivity contribution in [3.63, 3.8) is 0 Å². The molecule has 0 unspecified atom stereocenters. The average Bonchev–Trinajstić information content (AvgIpc) is 3.36. The predicted octanol–water partition coefficient (Wildman–Crippen LogP) is 3.93. The molecule has 0 bridgehead atoms. The second kappa shape index (κ2) is 9.09. The van der Waals surface area contributed by atoms with Crippen LogP contribution in [0.3, 0.4) is 0 Å². The van der Waals surface area contributed by atoms with E-state index in [2.05, 4.69) is 30.7 Å². The quantitative estimate of drug-likeness (QED) is 0.573. The molecule has 8 heteroatoms. The van der Waals surface area contributed by atoms with Crippen molar-refractivity contribution < 1.29 is 14.3 Å². The maximum absolute atomic E-state index is 13.5. The molecule has 180 valence electrons. The van der Waals surface area contributed by atoms with E-state index in [1.54, 1.807) is 17.3 Å². The number of fused-ring (bicyclic) bond motifs is 1. The van der Waals surface area contributed by atoms with Crippen LogP contribution in [0, 0.1) is 0 Å². The Balaban J connectivity index is 1.39. The molecule has 0 radical (unpaired) electrons. The number of carbonyl (C=O) groups excluding carboxylic acids is 2. The van der Waals surface area contributed by atoms with Crippen LogP contribution in [0.5, 0.6) is 5.75 Å². The number of amides is 2. The van der Waals surface area contributed by atoms with E-state index in [9.17, 15) is 9.59 Å². The van der Waals surface area contributed by atoms with Gasteiger partial charge in [-0.2, -0.15) is 0 Å². The molecule has 5 rings (SSSR count). The van der Waals surface area contributed by atoms with Crippen molar-refractivity contribution in [1.82, 2.24) is 19.9 Å². The summed E-state index contributed by atoms with van der Waals surface area (Å²) in [6.07, 6.45) is 5.11. The Morgan fingerprint density at radius 3 is 2.74 bits per heavy atom. The van der Waals surface area contributed by atoms with Gasteiger partial charge in [0.15, 0.2) is 12.4 Å². The Kier molecular flexibility index (Phi) is 5.96. The summed E-state index contributed by atoms with van der Waals surface area (Å²) in [4.78, 5) is 43.2. The van der Waals surface area contributed by atoms with Gasteiger partial charge in [-0.15, -0.1) is 0 Å². The highest BCUT2D eigenvalue weighted by molar-refractivity contribution is 6.02. The van der Waals surface area contributed by atoms with Gasteiger partial charge in [-0.25, -0.2) is 9.97 Å². The number of benzene rings is 1. The van der Waals surface area contributed by atoms with E-state index in [0.29, 0.717) is 29.5 Å². The lowest BCUT2D eigenvalue weighted by atomic mass is 9.86. The molecule has 35 heavy (non-hydrogen) atoms. The Morgan fingerprint density at radius 2 is 1.97 bits per heavy atom. The second-order valence-electron chi connectivity index (χ2n) is 9.97. The van der Waals surface area contributed by atoms with Crippen molar-refractivity contribution >= 4 is 17.5 Å². The number of rotatable bonds is 4. The van der Waals surface area contributed by atoms with Crippen LogP contribution in [0.2, 0.25) is 0 Å². The minimum Gasteiger partial charge on any atom is -0.482 e. The molecule has 8 nitrogen and oxygen atoms in total. The topological polar surface area (TPSA) is 88.5 Å². The molecule has 1 atom stereocenters. The smallest absolute Gasteiger partial charge is 0.265 e. The van der Waals surface area contributed by atoms with Crippen molar-refractivity contribution in [1.29, 1.82) is 0 Å². The highest BCUT2D eigenvalue weighted by Gasteiger charge is 2.35. The van der Waals surface area contributed by atoms with Crippen molar-refractivity contribution in [2.75, 3.05) is 24.6 Å². The number of carbonyl (C=O) groups is 2. The summed E-state index contributed by atoms with van der Waals surface area (Å²) in [5, 5.41) is 0. The van der Waals surface area contributed by atoms with Crippen LogP contribution in [-0.2, 0) is 15.0 Å². The first-order valence-corrected chi connectivity index (χ1v) is 11.9. The number of nitrogens with zero attached hydrogens (tertiary/aromatic N) is 5. The molecule has 2 aromatic heterocycles. The highest BCUT2D eigenvalue weighted by Crippen LogP contribution is 2.37. The zero-order chi connectivity index (χ0) is 24.6. The Hall–Kier alpha value is -3.81. The van der Waals surface area contributed by atoms with Gasteiger partial charge in [0.1, 0.15) is 18.0 Å². The first kappa shape index (κ1) is 23.0. The molecule has 2 amide bonds. The van der Waals surface area contributed by atoms with Gasteiger partial charge < -0.3 is 9.64 Å². The largest absolute Gasteiger partial charge is 0.482 e. The Labute approximate surface area is 205 Å². The van der Waals surface area contributed by atoms with Crippen LogP contribution in [0.15, 0.2) is 54.9 Å². The van der Waals surface area contributed by atoms with Crippen molar-refractivity contribution in [3.8, 4) is 17.3 Å². The summed E-state index contributed by atoms with van der Waals surface area (Å²) in [5.41, 5.74) is 3.11. The fourth-order valence-corrected chi connectivity index (χ4v) is 4.62. The molecule has 1 fully saturated rings. The molecule has 1 aromatic carbocycles. The van der Waals surface area contributed by atoms with Crippen molar-refractivity contribution in [2.45, 2.75) is 45.1 Å². The van der Waals surface area contributed by atoms with E-state index < -0.39 is 0 Å². The number of aromatic nitrogens is 3. The number of anilines is 1. The van der Waals surface area contributed by atoms with Gasteiger partial charge in [0.25, 0.3) is 5.91 Å². The fourth-order valence-electron chi connectivity index (χ4n) is 4.62. The molecule has 0 spiro atoms. The molecule has 2 aliphatic rings. The summed E-state index contributed by atoms with van der Waals surface area (Å²) < 4.78 is 5.65. The van der Waals surface area contributed by atoms with Crippen LogP contribution >= 0.6 is 0 Å². The van der Waals surface area contributed by atoms with Crippen molar-refractivity contribution in [2.24, 2.45) is 0 Å². The molecule has 0 N–H and O–H groups in total. The van der Waals surface area contributed by atoms with Gasteiger partial charge in [-0.1, -0.05) is 32.9 Å². The van der Waals surface area contributed by atoms with E-state index in [1.807, 2.05) is 47.4 Å². The third kappa shape index (κ3) is 4.60. The molecular weight excluding hydrogens is 442 g/mol. The summed E-state index contributed by atoms with van der Waals surface area (Å²) in [5.74, 6) is 0.841. The number of hydrogen-bond acceptors (Lipinski definition) is 6. The van der Waals surface area contributed by atoms with Gasteiger partial charge in [-0.05, 0) is 54.2 Å². The van der Waals surface area contributed by atoms with Gasteiger partial charge in [0, 0.05) is 18.9 Å². The molecule has 3 aromatic rings. The Bertz CT molecular complexity index is 1260. The standard InChI is InChI=1S/C27H29N5O3/c1-27(2,3)18-9-10-23-22(15-18)32(25(34)17-35-23)16-24(33)31-14-6-8-21(31)19-11-13-29-26(30-19)20-7-4-5-12-28-20/h4-5,7,9-13,15,21H,6,8,14,16-17H2,1-3H3/t21-/m0/s1. The predicted molar refractivity (Wildman–Crippen MR) is 132 cm³/mol. The maximum Gasteiger partial charge on any atom is 0.265 e. The van der Waals surface area contributed by atoms with E-state index in [-0.39, 0.29) is 36.4 Å². The monoisotopic (exact) mass is 471 g/mol. The summed E-state index contributed by atoms with van der Waals surface area (Å²) in [6.45, 7) is 6.87. The second-order valence-corrected chi connectivity index (χ2v) is 9.97. The van der Waals surface area contributed by atoms with Crippen molar-refractivity contribution in [3.05, 3.63) is 66.1 Å². The molecule has 1 saturated heterocycles. The molecule has 2 aliphatic heterocycles. The fraction of sp³-hybridized carbons (Fsp3) is 0.370. The zero-order valence-electron chi connectivity index (χ0n) is 20.3. The van der Waals surface area contributed by atoms with Gasteiger partial charge in [0.2, 0.25) is 5.91 Å².